The molecule has 1 heterocycles. The van der Waals surface area contributed by atoms with Gasteiger partial charge in [0.1, 0.15) is 8.07 Å². The molecular formula is C15H27NO2Si. The van der Waals surface area contributed by atoms with Crippen LogP contribution in [-0.2, 0) is 0 Å². The van der Waals surface area contributed by atoms with Crippen molar-refractivity contribution in [3.63, 3.8) is 0 Å². The van der Waals surface area contributed by atoms with Crippen LogP contribution in [0.5, 0.6) is 5.88 Å². The molecule has 0 saturated carbocycles. The van der Waals surface area contributed by atoms with E-state index in [9.17, 15) is 5.11 Å². The van der Waals surface area contributed by atoms with Gasteiger partial charge in [-0.1, -0.05) is 39.9 Å². The molecule has 0 amide bonds. The number of nitrogens with zero attached hydrogens (tertiary/aromatic N) is 1. The number of methoxy groups -OCH3 is 1. The molecule has 1 aromatic heterocycles. The molecule has 0 spiro atoms. The maximum atomic E-state index is 10.5. The standard InChI is InChI=1S/C15H27NO2Si/c1-8-10(2)14(17)12-9-13(19(5,6)7)16-15(18-4)11(12)3/h9-10,14,17H,8H2,1-7H3. The Labute approximate surface area is 118 Å². The molecule has 2 atom stereocenters. The number of aliphatic hydroxyl groups excluding tert-OH is 1. The maximum Gasteiger partial charge on any atom is 0.216 e. The Morgan fingerprint density at radius 1 is 1.37 bits per heavy atom. The van der Waals surface area contributed by atoms with Crippen LogP contribution < -0.4 is 10.1 Å². The van der Waals surface area contributed by atoms with E-state index in [0.29, 0.717) is 5.88 Å². The maximum absolute atomic E-state index is 10.5. The SMILES string of the molecule is CCC(C)C(O)c1cc([Si](C)(C)C)nc(OC)c1C. The third kappa shape index (κ3) is 3.57. The van der Waals surface area contributed by atoms with Gasteiger partial charge in [-0.25, -0.2) is 4.98 Å². The molecule has 0 aromatic carbocycles. The zero-order valence-electron chi connectivity index (χ0n) is 13.2. The fourth-order valence-electron chi connectivity index (χ4n) is 2.02. The van der Waals surface area contributed by atoms with E-state index in [0.717, 1.165) is 22.9 Å². The minimum absolute atomic E-state index is 0.236. The second-order valence-electron chi connectivity index (χ2n) is 6.31. The molecule has 3 nitrogen and oxygen atoms in total. The summed E-state index contributed by atoms with van der Waals surface area (Å²) in [5.74, 6) is 0.887. The van der Waals surface area contributed by atoms with Crippen LogP contribution in [0.1, 0.15) is 37.5 Å². The number of hydrogen-bond donors (Lipinski definition) is 1. The van der Waals surface area contributed by atoms with Crippen LogP contribution in [0.2, 0.25) is 19.6 Å². The number of hydrogen-bond acceptors (Lipinski definition) is 3. The normalized spacial score (nSPS) is 15.2. The summed E-state index contributed by atoms with van der Waals surface area (Å²) in [6.07, 6.45) is 0.505. The molecule has 108 valence electrons. The number of aromatic nitrogens is 1. The van der Waals surface area contributed by atoms with Crippen LogP contribution >= 0.6 is 0 Å². The van der Waals surface area contributed by atoms with Crippen molar-refractivity contribution < 1.29 is 9.84 Å². The molecule has 1 N–H and O–H groups in total. The van der Waals surface area contributed by atoms with Crippen molar-refractivity contribution >= 4 is 13.4 Å². The molecule has 0 aliphatic rings. The van der Waals surface area contributed by atoms with E-state index in [1.54, 1.807) is 7.11 Å². The minimum atomic E-state index is -1.53. The monoisotopic (exact) mass is 281 g/mol. The van der Waals surface area contributed by atoms with Gasteiger partial charge >= 0.3 is 0 Å². The van der Waals surface area contributed by atoms with Crippen molar-refractivity contribution in [3.05, 3.63) is 17.2 Å². The molecule has 0 radical (unpaired) electrons. The first-order valence-corrected chi connectivity index (χ1v) is 10.5. The predicted molar refractivity (Wildman–Crippen MR) is 82.9 cm³/mol. The van der Waals surface area contributed by atoms with Gasteiger partial charge in [-0.15, -0.1) is 0 Å². The van der Waals surface area contributed by atoms with Crippen LogP contribution in [0.3, 0.4) is 0 Å². The van der Waals surface area contributed by atoms with E-state index in [4.69, 9.17) is 4.74 Å². The molecule has 19 heavy (non-hydrogen) atoms. The Kier molecular flexibility index (Phi) is 5.16. The Morgan fingerprint density at radius 3 is 2.37 bits per heavy atom. The molecule has 1 aromatic rings. The number of aliphatic hydroxyl groups is 1. The van der Waals surface area contributed by atoms with E-state index in [1.165, 1.54) is 0 Å². The molecule has 2 unspecified atom stereocenters. The summed E-state index contributed by atoms with van der Waals surface area (Å²) in [7, 11) is 0.113. The molecule has 0 saturated heterocycles. The quantitative estimate of drug-likeness (QED) is 0.844. The lowest BCUT2D eigenvalue weighted by Crippen LogP contribution is -2.40. The van der Waals surface area contributed by atoms with Crippen molar-refractivity contribution in [3.8, 4) is 5.88 Å². The highest BCUT2D eigenvalue weighted by Crippen LogP contribution is 2.30. The molecule has 4 heteroatoms. The summed E-state index contributed by atoms with van der Waals surface area (Å²) in [6, 6.07) is 2.08. The lowest BCUT2D eigenvalue weighted by molar-refractivity contribution is 0.114. The first-order valence-electron chi connectivity index (χ1n) is 6.96. The van der Waals surface area contributed by atoms with Crippen molar-refractivity contribution in [2.75, 3.05) is 7.11 Å². The van der Waals surface area contributed by atoms with Gasteiger partial charge in [0.05, 0.1) is 13.2 Å². The number of rotatable bonds is 5. The van der Waals surface area contributed by atoms with E-state index in [1.807, 2.05) is 6.92 Å². The zero-order valence-corrected chi connectivity index (χ0v) is 14.2. The number of ether oxygens (including phenoxy) is 1. The highest BCUT2D eigenvalue weighted by Gasteiger charge is 2.25. The predicted octanol–water partition coefficient (Wildman–Crippen LogP) is 3.02. The smallest absolute Gasteiger partial charge is 0.216 e. The van der Waals surface area contributed by atoms with E-state index >= 15 is 0 Å². The summed E-state index contributed by atoms with van der Waals surface area (Å²) in [6.45, 7) is 12.9. The number of pyridine rings is 1. The molecule has 0 aliphatic heterocycles. The van der Waals surface area contributed by atoms with Gasteiger partial charge < -0.3 is 9.84 Å². The third-order valence-electron chi connectivity index (χ3n) is 3.73. The average molecular weight is 281 g/mol. The van der Waals surface area contributed by atoms with Gasteiger partial charge in [0.2, 0.25) is 5.88 Å². The molecule has 1 rings (SSSR count). The Balaban J connectivity index is 3.37. The van der Waals surface area contributed by atoms with Crippen LogP contribution in [0, 0.1) is 12.8 Å². The van der Waals surface area contributed by atoms with Crippen LogP contribution in [-0.4, -0.2) is 25.3 Å². The summed E-state index contributed by atoms with van der Waals surface area (Å²) < 4.78 is 5.39. The van der Waals surface area contributed by atoms with Gasteiger partial charge in [-0.2, -0.15) is 0 Å². The Morgan fingerprint density at radius 2 is 1.95 bits per heavy atom. The fraction of sp³-hybridized carbons (Fsp3) is 0.667. The minimum Gasteiger partial charge on any atom is -0.481 e. The van der Waals surface area contributed by atoms with Crippen molar-refractivity contribution in [1.29, 1.82) is 0 Å². The third-order valence-corrected chi connectivity index (χ3v) is 5.52. The van der Waals surface area contributed by atoms with E-state index in [-0.39, 0.29) is 5.92 Å². The zero-order chi connectivity index (χ0) is 14.8. The van der Waals surface area contributed by atoms with Gasteiger partial charge in [0.15, 0.2) is 0 Å². The highest BCUT2D eigenvalue weighted by atomic mass is 28.3. The van der Waals surface area contributed by atoms with Crippen molar-refractivity contribution in [2.45, 2.75) is 52.9 Å². The highest BCUT2D eigenvalue weighted by molar-refractivity contribution is 6.88. The van der Waals surface area contributed by atoms with Gasteiger partial charge in [0, 0.05) is 10.9 Å². The van der Waals surface area contributed by atoms with Crippen molar-refractivity contribution in [2.24, 2.45) is 5.92 Å². The van der Waals surface area contributed by atoms with Gasteiger partial charge in [0.25, 0.3) is 0 Å². The Bertz CT molecular complexity index is 441. The average Bonchev–Trinajstić information content (AvgIpc) is 2.35. The lowest BCUT2D eigenvalue weighted by Gasteiger charge is -2.24. The van der Waals surface area contributed by atoms with Crippen LogP contribution in [0.25, 0.3) is 0 Å². The first kappa shape index (κ1) is 16.2. The Hall–Kier alpha value is -0.873. The second-order valence-corrected chi connectivity index (χ2v) is 11.3. The van der Waals surface area contributed by atoms with Crippen LogP contribution in [0.15, 0.2) is 6.07 Å². The largest absolute Gasteiger partial charge is 0.481 e. The molecular weight excluding hydrogens is 254 g/mol. The van der Waals surface area contributed by atoms with E-state index < -0.39 is 14.2 Å². The summed E-state index contributed by atoms with van der Waals surface area (Å²) in [5.41, 5.74) is 1.93. The lowest BCUT2D eigenvalue weighted by atomic mass is 9.93. The molecule has 0 aliphatic carbocycles. The topological polar surface area (TPSA) is 42.4 Å². The summed E-state index contributed by atoms with van der Waals surface area (Å²) in [4.78, 5) is 4.62. The fourth-order valence-corrected chi connectivity index (χ4v) is 3.05. The second kappa shape index (κ2) is 6.05. The molecule has 0 bridgehead atoms. The molecule has 0 fully saturated rings. The van der Waals surface area contributed by atoms with Crippen LogP contribution in [0.4, 0.5) is 0 Å². The van der Waals surface area contributed by atoms with Gasteiger partial charge in [-0.3, -0.25) is 0 Å². The van der Waals surface area contributed by atoms with Crippen molar-refractivity contribution in [1.82, 2.24) is 4.98 Å². The van der Waals surface area contributed by atoms with E-state index in [2.05, 4.69) is 44.5 Å². The first-order chi connectivity index (χ1) is 8.72. The summed E-state index contributed by atoms with van der Waals surface area (Å²) >= 11 is 0. The van der Waals surface area contributed by atoms with Gasteiger partial charge in [-0.05, 0) is 24.5 Å². The summed E-state index contributed by atoms with van der Waals surface area (Å²) in [5, 5.41) is 11.6.